The fourth-order valence-electron chi connectivity index (χ4n) is 1.50. The summed E-state index contributed by atoms with van der Waals surface area (Å²) >= 11 is 0. The minimum absolute atomic E-state index is 0.594. The molecule has 0 unspecified atom stereocenters. The van der Waals surface area contributed by atoms with Gasteiger partial charge in [-0.05, 0) is 25.5 Å². The summed E-state index contributed by atoms with van der Waals surface area (Å²) in [5.74, 6) is 2.89. The molecular formula is C13H17N3O2. The second-order valence-corrected chi connectivity index (χ2v) is 3.92. The number of aryl methyl sites for hydroxylation is 1. The molecule has 2 heterocycles. The van der Waals surface area contributed by atoms with Gasteiger partial charge >= 0.3 is 0 Å². The SMILES string of the molecule is CCCOc1cc(NCc2ccco2)nc(C)n1. The zero-order chi connectivity index (χ0) is 12.8. The second kappa shape index (κ2) is 6.05. The lowest BCUT2D eigenvalue weighted by Crippen LogP contribution is -2.05. The molecule has 0 aliphatic rings. The third-order valence-corrected chi connectivity index (χ3v) is 2.29. The molecule has 0 atom stereocenters. The van der Waals surface area contributed by atoms with Gasteiger partial charge in [-0.25, -0.2) is 4.98 Å². The molecule has 2 aromatic heterocycles. The van der Waals surface area contributed by atoms with Gasteiger partial charge in [-0.2, -0.15) is 4.98 Å². The maximum atomic E-state index is 5.50. The van der Waals surface area contributed by atoms with E-state index in [1.165, 1.54) is 0 Å². The predicted octanol–water partition coefficient (Wildman–Crippen LogP) is 2.78. The second-order valence-electron chi connectivity index (χ2n) is 3.92. The lowest BCUT2D eigenvalue weighted by Gasteiger charge is -2.08. The Morgan fingerprint density at radius 3 is 3.00 bits per heavy atom. The van der Waals surface area contributed by atoms with Crippen molar-refractivity contribution in [2.24, 2.45) is 0 Å². The number of furan rings is 1. The Hall–Kier alpha value is -2.04. The van der Waals surface area contributed by atoms with E-state index in [4.69, 9.17) is 9.15 Å². The highest BCUT2D eigenvalue weighted by Gasteiger charge is 2.03. The molecule has 0 aliphatic heterocycles. The summed E-state index contributed by atoms with van der Waals surface area (Å²) in [6.07, 6.45) is 2.61. The Balaban J connectivity index is 2.00. The van der Waals surface area contributed by atoms with Gasteiger partial charge < -0.3 is 14.5 Å². The minimum atomic E-state index is 0.594. The number of nitrogens with zero attached hydrogens (tertiary/aromatic N) is 2. The Labute approximate surface area is 106 Å². The molecule has 0 saturated carbocycles. The van der Waals surface area contributed by atoms with Crippen LogP contribution in [0.2, 0.25) is 0 Å². The van der Waals surface area contributed by atoms with E-state index < -0.39 is 0 Å². The molecule has 5 heteroatoms. The van der Waals surface area contributed by atoms with Crippen molar-refractivity contribution in [2.45, 2.75) is 26.8 Å². The average Bonchev–Trinajstić information content (AvgIpc) is 2.86. The van der Waals surface area contributed by atoms with Gasteiger partial charge in [0, 0.05) is 6.07 Å². The van der Waals surface area contributed by atoms with Gasteiger partial charge in [-0.15, -0.1) is 0 Å². The maximum Gasteiger partial charge on any atom is 0.218 e. The van der Waals surface area contributed by atoms with E-state index in [1.807, 2.05) is 19.1 Å². The number of hydrogen-bond donors (Lipinski definition) is 1. The van der Waals surface area contributed by atoms with Crippen molar-refractivity contribution in [1.29, 1.82) is 0 Å². The van der Waals surface area contributed by atoms with Gasteiger partial charge in [0.15, 0.2) is 0 Å². The standard InChI is InChI=1S/C13H17N3O2/c1-3-6-18-13-8-12(15-10(2)16-13)14-9-11-5-4-7-17-11/h4-5,7-8H,3,6,9H2,1-2H3,(H,14,15,16). The van der Waals surface area contributed by atoms with Gasteiger partial charge in [-0.1, -0.05) is 6.92 Å². The smallest absolute Gasteiger partial charge is 0.218 e. The Kier molecular flexibility index (Phi) is 4.17. The summed E-state index contributed by atoms with van der Waals surface area (Å²) in [7, 11) is 0. The molecule has 18 heavy (non-hydrogen) atoms. The first-order chi connectivity index (χ1) is 8.78. The van der Waals surface area contributed by atoms with Crippen LogP contribution in [0.1, 0.15) is 24.9 Å². The van der Waals surface area contributed by atoms with Gasteiger partial charge in [0.25, 0.3) is 0 Å². The molecule has 0 aliphatic carbocycles. The third kappa shape index (κ3) is 3.48. The number of ether oxygens (including phenoxy) is 1. The van der Waals surface area contributed by atoms with Crippen LogP contribution in [-0.4, -0.2) is 16.6 Å². The van der Waals surface area contributed by atoms with Crippen molar-refractivity contribution < 1.29 is 9.15 Å². The first kappa shape index (κ1) is 12.4. The van der Waals surface area contributed by atoms with Crippen LogP contribution < -0.4 is 10.1 Å². The average molecular weight is 247 g/mol. The summed E-state index contributed by atoms with van der Waals surface area (Å²) in [5, 5.41) is 3.18. The Morgan fingerprint density at radius 1 is 1.39 bits per heavy atom. The Bertz CT molecular complexity index is 483. The van der Waals surface area contributed by atoms with Crippen LogP contribution in [0.25, 0.3) is 0 Å². The molecule has 2 aromatic rings. The monoisotopic (exact) mass is 247 g/mol. The molecule has 0 bridgehead atoms. The van der Waals surface area contributed by atoms with Crippen LogP contribution in [0.3, 0.4) is 0 Å². The van der Waals surface area contributed by atoms with Gasteiger partial charge in [0.2, 0.25) is 5.88 Å². The molecule has 0 saturated heterocycles. The molecule has 2 rings (SSSR count). The number of nitrogens with one attached hydrogen (secondary N) is 1. The molecular weight excluding hydrogens is 230 g/mol. The zero-order valence-corrected chi connectivity index (χ0v) is 10.6. The van der Waals surface area contributed by atoms with Crippen LogP contribution in [0.4, 0.5) is 5.82 Å². The predicted molar refractivity (Wildman–Crippen MR) is 68.6 cm³/mol. The highest BCUT2D eigenvalue weighted by molar-refractivity contribution is 5.38. The van der Waals surface area contributed by atoms with E-state index >= 15 is 0 Å². The van der Waals surface area contributed by atoms with E-state index in [0.29, 0.717) is 24.9 Å². The highest BCUT2D eigenvalue weighted by Crippen LogP contribution is 2.14. The van der Waals surface area contributed by atoms with Crippen molar-refractivity contribution in [3.8, 4) is 5.88 Å². The summed E-state index contributed by atoms with van der Waals surface area (Å²) in [6, 6.07) is 5.57. The van der Waals surface area contributed by atoms with Crippen LogP contribution in [0, 0.1) is 6.92 Å². The van der Waals surface area contributed by atoms with Crippen LogP contribution in [0.5, 0.6) is 5.88 Å². The highest BCUT2D eigenvalue weighted by atomic mass is 16.5. The minimum Gasteiger partial charge on any atom is -0.478 e. The lowest BCUT2D eigenvalue weighted by molar-refractivity contribution is 0.304. The van der Waals surface area contributed by atoms with Crippen molar-refractivity contribution in [1.82, 2.24) is 9.97 Å². The fraction of sp³-hybridized carbons (Fsp3) is 0.385. The van der Waals surface area contributed by atoms with E-state index in [9.17, 15) is 0 Å². The van der Waals surface area contributed by atoms with Gasteiger partial charge in [0.05, 0.1) is 19.4 Å². The van der Waals surface area contributed by atoms with Crippen molar-refractivity contribution in [2.75, 3.05) is 11.9 Å². The van der Waals surface area contributed by atoms with Crippen molar-refractivity contribution >= 4 is 5.82 Å². The van der Waals surface area contributed by atoms with Crippen LogP contribution in [0.15, 0.2) is 28.9 Å². The maximum absolute atomic E-state index is 5.50. The van der Waals surface area contributed by atoms with E-state index in [2.05, 4.69) is 22.2 Å². The summed E-state index contributed by atoms with van der Waals surface area (Å²) < 4.78 is 10.7. The number of aromatic nitrogens is 2. The molecule has 0 fully saturated rings. The molecule has 0 spiro atoms. The van der Waals surface area contributed by atoms with Gasteiger partial charge in [0.1, 0.15) is 17.4 Å². The van der Waals surface area contributed by atoms with E-state index in [-0.39, 0.29) is 0 Å². The molecule has 0 aromatic carbocycles. The molecule has 96 valence electrons. The molecule has 0 radical (unpaired) electrons. The molecule has 0 amide bonds. The van der Waals surface area contributed by atoms with Crippen molar-refractivity contribution in [3.63, 3.8) is 0 Å². The summed E-state index contributed by atoms with van der Waals surface area (Å²) in [5.41, 5.74) is 0. The zero-order valence-electron chi connectivity index (χ0n) is 10.6. The van der Waals surface area contributed by atoms with E-state index in [0.717, 1.165) is 18.0 Å². The fourth-order valence-corrected chi connectivity index (χ4v) is 1.50. The first-order valence-electron chi connectivity index (χ1n) is 6.02. The molecule has 1 N–H and O–H groups in total. The number of anilines is 1. The van der Waals surface area contributed by atoms with Crippen LogP contribution in [-0.2, 0) is 6.54 Å². The van der Waals surface area contributed by atoms with Crippen LogP contribution >= 0.6 is 0 Å². The Morgan fingerprint density at radius 2 is 2.28 bits per heavy atom. The lowest BCUT2D eigenvalue weighted by atomic mass is 10.4. The third-order valence-electron chi connectivity index (χ3n) is 2.29. The van der Waals surface area contributed by atoms with E-state index in [1.54, 1.807) is 12.3 Å². The quantitative estimate of drug-likeness (QED) is 0.850. The molecule has 5 nitrogen and oxygen atoms in total. The number of rotatable bonds is 6. The van der Waals surface area contributed by atoms with Gasteiger partial charge in [-0.3, -0.25) is 0 Å². The summed E-state index contributed by atoms with van der Waals surface area (Å²) in [6.45, 7) is 5.16. The largest absolute Gasteiger partial charge is 0.478 e. The summed E-state index contributed by atoms with van der Waals surface area (Å²) in [4.78, 5) is 8.52. The number of hydrogen-bond acceptors (Lipinski definition) is 5. The first-order valence-corrected chi connectivity index (χ1v) is 6.02. The van der Waals surface area contributed by atoms with Crippen molar-refractivity contribution in [3.05, 3.63) is 36.0 Å². The topological polar surface area (TPSA) is 60.2 Å². The normalized spacial score (nSPS) is 10.3.